The Balaban J connectivity index is 1.84. The van der Waals surface area contributed by atoms with Crippen LogP contribution in [0.5, 0.6) is 0 Å². The molecule has 0 aliphatic heterocycles. The molecule has 0 radical (unpaired) electrons. The van der Waals surface area contributed by atoms with Gasteiger partial charge in [0.15, 0.2) is 5.78 Å². The summed E-state index contributed by atoms with van der Waals surface area (Å²) in [7, 11) is -3.73. The summed E-state index contributed by atoms with van der Waals surface area (Å²) < 4.78 is 27.7. The summed E-state index contributed by atoms with van der Waals surface area (Å²) in [5.41, 5.74) is 1.91. The van der Waals surface area contributed by atoms with Gasteiger partial charge in [-0.05, 0) is 42.1 Å². The maximum atomic E-state index is 12.5. The highest BCUT2D eigenvalue weighted by Crippen LogP contribution is 2.26. The van der Waals surface area contributed by atoms with Crippen LogP contribution in [-0.4, -0.2) is 19.2 Å². The fraction of sp³-hybridized carbons (Fsp3) is 0.111. The van der Waals surface area contributed by atoms with Crippen molar-refractivity contribution in [1.82, 2.24) is 9.71 Å². The van der Waals surface area contributed by atoms with E-state index in [1.54, 1.807) is 35.7 Å². The molecule has 1 N–H and O–H groups in total. The average molecular weight is 372 g/mol. The summed E-state index contributed by atoms with van der Waals surface area (Å²) in [6.07, 6.45) is 1.68. The van der Waals surface area contributed by atoms with E-state index in [1.165, 1.54) is 19.1 Å². The van der Waals surface area contributed by atoms with Gasteiger partial charge in [0.2, 0.25) is 10.0 Å². The Morgan fingerprint density at radius 2 is 2.00 bits per heavy atom. The Morgan fingerprint density at radius 3 is 2.72 bits per heavy atom. The van der Waals surface area contributed by atoms with Gasteiger partial charge in [-0.1, -0.05) is 24.3 Å². The number of benzene rings is 1. The molecular weight excluding hydrogens is 356 g/mol. The van der Waals surface area contributed by atoms with Gasteiger partial charge in [-0.25, -0.2) is 13.1 Å². The minimum absolute atomic E-state index is 0.0711. The number of carbonyl (C=O) groups excluding carboxylic acids is 1. The molecule has 0 atom stereocenters. The topological polar surface area (TPSA) is 76.1 Å². The second kappa shape index (κ2) is 7.26. The average Bonchev–Trinajstić information content (AvgIpc) is 3.15. The lowest BCUT2D eigenvalue weighted by molar-refractivity contribution is 0.101. The molecule has 0 amide bonds. The van der Waals surface area contributed by atoms with Crippen molar-refractivity contribution in [3.05, 3.63) is 71.2 Å². The van der Waals surface area contributed by atoms with Crippen LogP contribution in [0.1, 0.15) is 22.8 Å². The van der Waals surface area contributed by atoms with Crippen LogP contribution in [0.2, 0.25) is 0 Å². The molecule has 0 unspecified atom stereocenters. The van der Waals surface area contributed by atoms with Crippen molar-refractivity contribution in [3.8, 4) is 10.6 Å². The van der Waals surface area contributed by atoms with Crippen molar-refractivity contribution < 1.29 is 13.2 Å². The highest BCUT2D eigenvalue weighted by molar-refractivity contribution is 7.89. The van der Waals surface area contributed by atoms with Gasteiger partial charge in [-0.15, -0.1) is 11.3 Å². The molecule has 128 valence electrons. The second-order valence-corrected chi connectivity index (χ2v) is 8.11. The quantitative estimate of drug-likeness (QED) is 0.672. The number of pyridine rings is 1. The van der Waals surface area contributed by atoms with Gasteiger partial charge in [-0.3, -0.25) is 9.78 Å². The van der Waals surface area contributed by atoms with E-state index in [4.69, 9.17) is 0 Å². The maximum absolute atomic E-state index is 12.5. The van der Waals surface area contributed by atoms with E-state index in [0.29, 0.717) is 5.56 Å². The molecule has 2 aromatic heterocycles. The highest BCUT2D eigenvalue weighted by Gasteiger charge is 2.16. The summed E-state index contributed by atoms with van der Waals surface area (Å²) in [6.45, 7) is 1.52. The zero-order valence-corrected chi connectivity index (χ0v) is 15.1. The fourth-order valence-electron chi connectivity index (χ4n) is 2.35. The number of hydrogen-bond acceptors (Lipinski definition) is 5. The third-order valence-electron chi connectivity index (χ3n) is 3.65. The smallest absolute Gasteiger partial charge is 0.240 e. The van der Waals surface area contributed by atoms with Crippen LogP contribution in [0.3, 0.4) is 0 Å². The van der Waals surface area contributed by atoms with Gasteiger partial charge in [-0.2, -0.15) is 0 Å². The molecule has 3 rings (SSSR count). The number of nitrogens with one attached hydrogen (secondary N) is 1. The molecule has 3 aromatic rings. The lowest BCUT2D eigenvalue weighted by Gasteiger charge is -2.10. The molecular formula is C18H16N2O3S2. The molecule has 0 spiro atoms. The zero-order valence-electron chi connectivity index (χ0n) is 13.5. The summed E-state index contributed by atoms with van der Waals surface area (Å²) in [4.78, 5) is 16.9. The molecule has 7 heteroatoms. The van der Waals surface area contributed by atoms with Gasteiger partial charge in [0.1, 0.15) is 0 Å². The minimum Gasteiger partial charge on any atom is -0.295 e. The number of thiophene rings is 1. The molecule has 5 nitrogen and oxygen atoms in total. The first-order chi connectivity index (χ1) is 12.0. The number of rotatable bonds is 6. The number of carbonyl (C=O) groups is 1. The largest absolute Gasteiger partial charge is 0.295 e. The monoisotopic (exact) mass is 372 g/mol. The lowest BCUT2D eigenvalue weighted by atomic mass is 10.1. The summed E-state index contributed by atoms with van der Waals surface area (Å²) >= 11 is 1.55. The van der Waals surface area contributed by atoms with Crippen molar-refractivity contribution in [3.63, 3.8) is 0 Å². The number of ketones is 1. The van der Waals surface area contributed by atoms with Crippen LogP contribution in [0.15, 0.2) is 65.0 Å². The molecule has 0 aliphatic carbocycles. The van der Waals surface area contributed by atoms with Crippen molar-refractivity contribution in [1.29, 1.82) is 0 Å². The predicted octanol–water partition coefficient (Wildman–Crippen LogP) is 3.49. The van der Waals surface area contributed by atoms with Gasteiger partial charge in [0.25, 0.3) is 0 Å². The van der Waals surface area contributed by atoms with E-state index in [2.05, 4.69) is 9.71 Å². The lowest BCUT2D eigenvalue weighted by Crippen LogP contribution is -2.23. The number of nitrogens with zero attached hydrogens (tertiary/aromatic N) is 1. The number of hydrogen-bond donors (Lipinski definition) is 1. The Morgan fingerprint density at radius 1 is 1.16 bits per heavy atom. The number of aromatic nitrogens is 1. The molecule has 0 saturated heterocycles. The van der Waals surface area contributed by atoms with Crippen molar-refractivity contribution in [2.75, 3.05) is 0 Å². The zero-order chi connectivity index (χ0) is 17.9. The van der Waals surface area contributed by atoms with Crippen LogP contribution in [-0.2, 0) is 16.6 Å². The summed E-state index contributed by atoms with van der Waals surface area (Å²) in [6, 6.07) is 13.5. The summed E-state index contributed by atoms with van der Waals surface area (Å²) in [5, 5.41) is 1.95. The molecule has 0 fully saturated rings. The van der Waals surface area contributed by atoms with E-state index in [9.17, 15) is 13.2 Å². The Labute approximate surface area is 150 Å². The Bertz CT molecular complexity index is 997. The minimum atomic E-state index is -3.73. The molecule has 0 bridgehead atoms. The third kappa shape index (κ3) is 4.01. The van der Waals surface area contributed by atoms with E-state index >= 15 is 0 Å². The van der Waals surface area contributed by atoms with Crippen molar-refractivity contribution in [2.24, 2.45) is 0 Å². The van der Waals surface area contributed by atoms with E-state index in [-0.39, 0.29) is 17.2 Å². The van der Waals surface area contributed by atoms with Gasteiger partial charge >= 0.3 is 0 Å². The van der Waals surface area contributed by atoms with Crippen molar-refractivity contribution >= 4 is 27.1 Å². The normalized spacial score (nSPS) is 11.4. The SMILES string of the molecule is CC(=O)c1cccc(S(=O)(=O)NCc2cccnc2-c2cccs2)c1. The highest BCUT2D eigenvalue weighted by atomic mass is 32.2. The van der Waals surface area contributed by atoms with Gasteiger partial charge in [0, 0.05) is 18.3 Å². The first-order valence-electron chi connectivity index (χ1n) is 7.56. The van der Waals surface area contributed by atoms with E-state index in [1.807, 2.05) is 23.6 Å². The van der Waals surface area contributed by atoms with E-state index in [0.717, 1.165) is 16.1 Å². The van der Waals surface area contributed by atoms with Crippen LogP contribution in [0.25, 0.3) is 10.6 Å². The van der Waals surface area contributed by atoms with Crippen molar-refractivity contribution in [2.45, 2.75) is 18.4 Å². The first kappa shape index (κ1) is 17.5. The fourth-order valence-corrected chi connectivity index (χ4v) is 4.16. The van der Waals surface area contributed by atoms with Crippen LogP contribution < -0.4 is 4.72 Å². The predicted molar refractivity (Wildman–Crippen MR) is 98.0 cm³/mol. The van der Waals surface area contributed by atoms with Crippen LogP contribution in [0.4, 0.5) is 0 Å². The molecule has 0 saturated carbocycles. The number of sulfonamides is 1. The van der Waals surface area contributed by atoms with Gasteiger partial charge < -0.3 is 0 Å². The molecule has 25 heavy (non-hydrogen) atoms. The molecule has 1 aromatic carbocycles. The van der Waals surface area contributed by atoms with E-state index < -0.39 is 10.0 Å². The second-order valence-electron chi connectivity index (χ2n) is 5.40. The van der Waals surface area contributed by atoms with Crippen LogP contribution >= 0.6 is 11.3 Å². The Kier molecular flexibility index (Phi) is 5.08. The number of Topliss-reactive ketones (excluding diaryl/α,β-unsaturated/α-hetero) is 1. The first-order valence-corrected chi connectivity index (χ1v) is 9.92. The molecule has 0 aliphatic rings. The van der Waals surface area contributed by atoms with Gasteiger partial charge in [0.05, 0.1) is 15.5 Å². The molecule has 2 heterocycles. The summed E-state index contributed by atoms with van der Waals surface area (Å²) in [5.74, 6) is -0.177. The third-order valence-corrected chi connectivity index (χ3v) is 5.92. The van der Waals surface area contributed by atoms with Crippen LogP contribution in [0, 0.1) is 0 Å². The standard InChI is InChI=1S/C18H16N2O3S2/c1-13(21)14-5-2-7-16(11-14)25(22,23)20-12-15-6-3-9-19-18(15)17-8-4-10-24-17/h2-11,20H,12H2,1H3. The maximum Gasteiger partial charge on any atom is 0.240 e. The Hall–Kier alpha value is -2.35.